The van der Waals surface area contributed by atoms with Gasteiger partial charge in [-0.25, -0.2) is 4.98 Å². The first-order valence-corrected chi connectivity index (χ1v) is 6.97. The molecule has 2 aromatic rings. The molecule has 88 valence electrons. The molecule has 0 saturated heterocycles. The molecule has 3 rings (SSSR count). The van der Waals surface area contributed by atoms with E-state index >= 15 is 0 Å². The van der Waals surface area contributed by atoms with Gasteiger partial charge in [-0.05, 0) is 31.4 Å². The Balaban J connectivity index is 1.83. The number of rotatable bonds is 4. The molecule has 1 aromatic carbocycles. The highest BCUT2D eigenvalue weighted by atomic mass is 32.1. The molecule has 0 saturated carbocycles. The summed E-state index contributed by atoms with van der Waals surface area (Å²) in [5.74, 6) is 0. The van der Waals surface area contributed by atoms with Crippen LogP contribution in [0, 0.1) is 0 Å². The molecule has 0 aliphatic heterocycles. The van der Waals surface area contributed by atoms with E-state index in [4.69, 9.17) is 10.7 Å². The topological polar surface area (TPSA) is 38.9 Å². The van der Waals surface area contributed by atoms with Crippen LogP contribution in [0.3, 0.4) is 0 Å². The fourth-order valence-corrected chi connectivity index (χ4v) is 3.48. The Hall–Kier alpha value is -1.19. The van der Waals surface area contributed by atoms with E-state index in [0.717, 1.165) is 32.2 Å². The van der Waals surface area contributed by atoms with Gasteiger partial charge in [0.25, 0.3) is 0 Å². The minimum Gasteiger partial charge on any atom is -0.330 e. The second-order valence-electron chi connectivity index (χ2n) is 4.46. The number of unbranched alkanes of at least 4 members (excludes halogenated alkanes) is 1. The molecular weight excluding hydrogens is 228 g/mol. The quantitative estimate of drug-likeness (QED) is 0.717. The number of hydrogen-bond acceptors (Lipinski definition) is 3. The van der Waals surface area contributed by atoms with Crippen LogP contribution in [-0.2, 0) is 12.8 Å². The number of thiazole rings is 1. The van der Waals surface area contributed by atoms with Crippen LogP contribution in [0.2, 0.25) is 0 Å². The number of fused-ring (bicyclic) bond motifs is 3. The smallest absolute Gasteiger partial charge is 0.0935 e. The normalized spacial score (nSPS) is 12.5. The summed E-state index contributed by atoms with van der Waals surface area (Å²) in [4.78, 5) is 6.22. The predicted octanol–water partition coefficient (Wildman–Crippen LogP) is 3.00. The summed E-state index contributed by atoms with van der Waals surface area (Å²) in [6, 6.07) is 8.60. The molecule has 1 aromatic heterocycles. The van der Waals surface area contributed by atoms with Gasteiger partial charge in [-0.1, -0.05) is 24.3 Å². The number of aryl methyl sites for hydroxylation is 1. The summed E-state index contributed by atoms with van der Waals surface area (Å²) in [5.41, 5.74) is 9.50. The molecule has 17 heavy (non-hydrogen) atoms. The van der Waals surface area contributed by atoms with E-state index in [1.165, 1.54) is 26.7 Å². The van der Waals surface area contributed by atoms with Crippen LogP contribution < -0.4 is 5.73 Å². The number of nitrogens with zero attached hydrogens (tertiary/aromatic N) is 1. The monoisotopic (exact) mass is 244 g/mol. The fraction of sp³-hybridized carbons (Fsp3) is 0.357. The molecule has 1 heterocycles. The van der Waals surface area contributed by atoms with E-state index < -0.39 is 0 Å². The van der Waals surface area contributed by atoms with Crippen molar-refractivity contribution in [3.05, 3.63) is 39.7 Å². The van der Waals surface area contributed by atoms with Gasteiger partial charge in [-0.3, -0.25) is 0 Å². The van der Waals surface area contributed by atoms with Crippen molar-refractivity contribution in [3.8, 4) is 11.3 Å². The highest BCUT2D eigenvalue weighted by Crippen LogP contribution is 2.39. The van der Waals surface area contributed by atoms with Crippen molar-refractivity contribution in [2.75, 3.05) is 6.54 Å². The average Bonchev–Trinajstić information content (AvgIpc) is 2.86. The lowest BCUT2D eigenvalue weighted by atomic mass is 10.1. The standard InChI is InChI=1S/C14H16N2S/c15-8-4-3-7-13-16-14-11-6-2-1-5-10(11)9-12(14)17-13/h1-2,5-6H,3-4,7-9,15H2. The summed E-state index contributed by atoms with van der Waals surface area (Å²) < 4.78 is 0. The lowest BCUT2D eigenvalue weighted by molar-refractivity contribution is 0.742. The molecule has 0 fully saturated rings. The molecule has 0 bridgehead atoms. The third kappa shape index (κ3) is 2.01. The Kier molecular flexibility index (Phi) is 2.95. The Morgan fingerprint density at radius 1 is 1.24 bits per heavy atom. The van der Waals surface area contributed by atoms with Gasteiger partial charge in [-0.2, -0.15) is 0 Å². The molecule has 0 radical (unpaired) electrons. The predicted molar refractivity (Wildman–Crippen MR) is 72.3 cm³/mol. The van der Waals surface area contributed by atoms with Crippen molar-refractivity contribution in [3.63, 3.8) is 0 Å². The van der Waals surface area contributed by atoms with E-state index in [9.17, 15) is 0 Å². The third-order valence-electron chi connectivity index (χ3n) is 3.21. The molecule has 0 amide bonds. The van der Waals surface area contributed by atoms with E-state index in [0.29, 0.717) is 0 Å². The fourth-order valence-electron chi connectivity index (χ4n) is 2.34. The van der Waals surface area contributed by atoms with Gasteiger partial charge in [0.15, 0.2) is 0 Å². The summed E-state index contributed by atoms with van der Waals surface area (Å²) in [7, 11) is 0. The first kappa shape index (κ1) is 10.9. The van der Waals surface area contributed by atoms with Crippen molar-refractivity contribution >= 4 is 11.3 Å². The van der Waals surface area contributed by atoms with Crippen molar-refractivity contribution in [2.24, 2.45) is 5.73 Å². The van der Waals surface area contributed by atoms with Gasteiger partial charge in [0.05, 0.1) is 10.7 Å². The molecule has 2 N–H and O–H groups in total. The Morgan fingerprint density at radius 3 is 3.00 bits per heavy atom. The SMILES string of the molecule is NCCCCc1nc2c(s1)Cc1ccccc1-2. The Morgan fingerprint density at radius 2 is 2.12 bits per heavy atom. The number of nitrogens with two attached hydrogens (primary N) is 1. The molecule has 0 spiro atoms. The maximum absolute atomic E-state index is 5.51. The zero-order valence-corrected chi connectivity index (χ0v) is 10.6. The Labute approximate surface area is 106 Å². The van der Waals surface area contributed by atoms with Gasteiger partial charge >= 0.3 is 0 Å². The summed E-state index contributed by atoms with van der Waals surface area (Å²) in [5, 5.41) is 1.28. The van der Waals surface area contributed by atoms with Crippen molar-refractivity contribution < 1.29 is 0 Å². The highest BCUT2D eigenvalue weighted by Gasteiger charge is 2.22. The van der Waals surface area contributed by atoms with Crippen molar-refractivity contribution in [2.45, 2.75) is 25.7 Å². The number of benzene rings is 1. The molecule has 0 unspecified atom stereocenters. The second-order valence-corrected chi connectivity index (χ2v) is 5.63. The Bertz CT molecular complexity index is 531. The minimum absolute atomic E-state index is 0.786. The maximum Gasteiger partial charge on any atom is 0.0935 e. The average molecular weight is 244 g/mol. The summed E-state index contributed by atoms with van der Waals surface area (Å²) >= 11 is 1.88. The van der Waals surface area contributed by atoms with Gasteiger partial charge in [0.2, 0.25) is 0 Å². The van der Waals surface area contributed by atoms with Crippen LogP contribution in [-0.4, -0.2) is 11.5 Å². The lowest BCUT2D eigenvalue weighted by Crippen LogP contribution is -1.98. The van der Waals surface area contributed by atoms with Crippen LogP contribution >= 0.6 is 11.3 Å². The van der Waals surface area contributed by atoms with Crippen LogP contribution in [0.1, 0.15) is 28.3 Å². The molecule has 1 aliphatic carbocycles. The van der Waals surface area contributed by atoms with Crippen molar-refractivity contribution in [1.29, 1.82) is 0 Å². The first-order valence-electron chi connectivity index (χ1n) is 6.15. The van der Waals surface area contributed by atoms with Crippen molar-refractivity contribution in [1.82, 2.24) is 4.98 Å². The summed E-state index contributed by atoms with van der Waals surface area (Å²) in [6.45, 7) is 0.786. The zero-order chi connectivity index (χ0) is 11.7. The zero-order valence-electron chi connectivity index (χ0n) is 9.78. The van der Waals surface area contributed by atoms with E-state index in [-0.39, 0.29) is 0 Å². The molecule has 2 nitrogen and oxygen atoms in total. The number of hydrogen-bond donors (Lipinski definition) is 1. The summed E-state index contributed by atoms with van der Waals surface area (Å²) in [6.07, 6.45) is 4.41. The van der Waals surface area contributed by atoms with Crippen LogP contribution in [0.25, 0.3) is 11.3 Å². The van der Waals surface area contributed by atoms with E-state index in [1.807, 2.05) is 11.3 Å². The van der Waals surface area contributed by atoms with Gasteiger partial charge in [-0.15, -0.1) is 11.3 Å². The lowest BCUT2D eigenvalue weighted by Gasteiger charge is -1.98. The van der Waals surface area contributed by atoms with Crippen LogP contribution in [0.4, 0.5) is 0 Å². The maximum atomic E-state index is 5.51. The number of aromatic nitrogens is 1. The largest absolute Gasteiger partial charge is 0.330 e. The van der Waals surface area contributed by atoms with Crippen LogP contribution in [0.15, 0.2) is 24.3 Å². The van der Waals surface area contributed by atoms with Gasteiger partial charge < -0.3 is 5.73 Å². The van der Waals surface area contributed by atoms with E-state index in [2.05, 4.69) is 24.3 Å². The van der Waals surface area contributed by atoms with Crippen LogP contribution in [0.5, 0.6) is 0 Å². The molecule has 0 atom stereocenters. The minimum atomic E-state index is 0.786. The highest BCUT2D eigenvalue weighted by molar-refractivity contribution is 7.12. The third-order valence-corrected chi connectivity index (χ3v) is 4.33. The molecule has 3 heteroatoms. The molecule has 1 aliphatic rings. The first-order chi connectivity index (χ1) is 8.38. The van der Waals surface area contributed by atoms with Gasteiger partial charge in [0, 0.05) is 16.9 Å². The molecular formula is C14H16N2S. The second kappa shape index (κ2) is 4.59. The van der Waals surface area contributed by atoms with E-state index in [1.54, 1.807) is 0 Å². The van der Waals surface area contributed by atoms with Gasteiger partial charge in [0.1, 0.15) is 0 Å².